The molecule has 0 unspecified atom stereocenters. The number of piperidine rings is 1. The van der Waals surface area contributed by atoms with Crippen molar-refractivity contribution in [1.82, 2.24) is 10.4 Å². The van der Waals surface area contributed by atoms with Crippen molar-refractivity contribution >= 4 is 5.91 Å². The quantitative estimate of drug-likeness (QED) is 0.867. The van der Waals surface area contributed by atoms with E-state index in [1.807, 2.05) is 29.3 Å². The van der Waals surface area contributed by atoms with Crippen LogP contribution in [-0.4, -0.2) is 24.0 Å². The first kappa shape index (κ1) is 12.1. The van der Waals surface area contributed by atoms with Gasteiger partial charge in [0.05, 0.1) is 0 Å². The summed E-state index contributed by atoms with van der Waals surface area (Å²) in [5, 5.41) is 2.03. The number of amides is 1. The molecule has 0 atom stereocenters. The molecule has 3 nitrogen and oxygen atoms in total. The Bertz CT molecular complexity index is 366. The van der Waals surface area contributed by atoms with E-state index < -0.39 is 0 Å². The Labute approximate surface area is 103 Å². The zero-order chi connectivity index (χ0) is 12.1. The van der Waals surface area contributed by atoms with Gasteiger partial charge in [0.1, 0.15) is 0 Å². The lowest BCUT2D eigenvalue weighted by molar-refractivity contribution is 0.0750. The molecule has 1 amide bonds. The lowest BCUT2D eigenvalue weighted by Gasteiger charge is -2.26. The molecule has 1 aliphatic heterocycles. The predicted molar refractivity (Wildman–Crippen MR) is 68.7 cm³/mol. The first-order valence-corrected chi connectivity index (χ1v) is 6.44. The third kappa shape index (κ3) is 3.30. The molecular formula is C14H20N2O. The molecule has 2 rings (SSSR count). The SMILES string of the molecule is CCc1ccc(C(=O)NN2CCCCC2)cc1. The third-order valence-corrected chi connectivity index (χ3v) is 3.24. The highest BCUT2D eigenvalue weighted by Gasteiger charge is 2.13. The first-order chi connectivity index (χ1) is 8.29. The van der Waals surface area contributed by atoms with E-state index in [1.165, 1.54) is 24.8 Å². The summed E-state index contributed by atoms with van der Waals surface area (Å²) >= 11 is 0. The van der Waals surface area contributed by atoms with Crippen molar-refractivity contribution in [3.63, 3.8) is 0 Å². The van der Waals surface area contributed by atoms with Gasteiger partial charge in [-0.1, -0.05) is 25.5 Å². The number of carbonyl (C=O) groups excluding carboxylic acids is 1. The van der Waals surface area contributed by atoms with Crippen LogP contribution in [0.4, 0.5) is 0 Å². The highest BCUT2D eigenvalue weighted by Crippen LogP contribution is 2.08. The Morgan fingerprint density at radius 2 is 1.82 bits per heavy atom. The minimum absolute atomic E-state index is 0.00885. The molecule has 3 heteroatoms. The van der Waals surface area contributed by atoms with Crippen molar-refractivity contribution in [3.8, 4) is 0 Å². The minimum Gasteiger partial charge on any atom is -0.285 e. The van der Waals surface area contributed by atoms with Crippen LogP contribution in [0.2, 0.25) is 0 Å². The number of benzene rings is 1. The second kappa shape index (κ2) is 5.82. The molecule has 1 saturated heterocycles. The maximum Gasteiger partial charge on any atom is 0.265 e. The molecule has 1 aliphatic rings. The van der Waals surface area contributed by atoms with Crippen molar-refractivity contribution < 1.29 is 4.79 Å². The number of hydrogen-bond acceptors (Lipinski definition) is 2. The van der Waals surface area contributed by atoms with Crippen LogP contribution < -0.4 is 5.43 Å². The summed E-state index contributed by atoms with van der Waals surface area (Å²) in [6, 6.07) is 7.84. The van der Waals surface area contributed by atoms with Crippen molar-refractivity contribution in [2.75, 3.05) is 13.1 Å². The number of carbonyl (C=O) groups is 1. The smallest absolute Gasteiger partial charge is 0.265 e. The number of hydrogen-bond donors (Lipinski definition) is 1. The van der Waals surface area contributed by atoms with E-state index in [4.69, 9.17) is 0 Å². The Morgan fingerprint density at radius 1 is 1.18 bits per heavy atom. The first-order valence-electron chi connectivity index (χ1n) is 6.44. The number of aryl methyl sites for hydroxylation is 1. The van der Waals surface area contributed by atoms with Gasteiger partial charge in [-0.2, -0.15) is 0 Å². The van der Waals surface area contributed by atoms with E-state index in [0.717, 1.165) is 25.1 Å². The molecule has 0 bridgehead atoms. The molecule has 0 aromatic heterocycles. The van der Waals surface area contributed by atoms with E-state index in [2.05, 4.69) is 12.3 Å². The molecule has 1 aromatic carbocycles. The van der Waals surface area contributed by atoms with Crippen LogP contribution in [0, 0.1) is 0 Å². The van der Waals surface area contributed by atoms with E-state index in [0.29, 0.717) is 0 Å². The highest BCUT2D eigenvalue weighted by atomic mass is 16.2. The normalized spacial score (nSPS) is 16.8. The summed E-state index contributed by atoms with van der Waals surface area (Å²) in [5.74, 6) is 0.00885. The van der Waals surface area contributed by atoms with Gasteiger partial charge in [-0.3, -0.25) is 10.2 Å². The molecule has 0 radical (unpaired) electrons. The van der Waals surface area contributed by atoms with E-state index in [1.54, 1.807) is 0 Å². The highest BCUT2D eigenvalue weighted by molar-refractivity contribution is 5.93. The Balaban J connectivity index is 1.93. The third-order valence-electron chi connectivity index (χ3n) is 3.24. The Kier molecular flexibility index (Phi) is 4.15. The van der Waals surface area contributed by atoms with E-state index in [-0.39, 0.29) is 5.91 Å². The van der Waals surface area contributed by atoms with Gasteiger partial charge in [0.25, 0.3) is 5.91 Å². The average molecular weight is 232 g/mol. The number of nitrogens with zero attached hydrogens (tertiary/aromatic N) is 1. The van der Waals surface area contributed by atoms with Gasteiger partial charge in [-0.25, -0.2) is 5.01 Å². The molecule has 0 spiro atoms. The fraction of sp³-hybridized carbons (Fsp3) is 0.500. The lowest BCUT2D eigenvalue weighted by atomic mass is 10.1. The largest absolute Gasteiger partial charge is 0.285 e. The van der Waals surface area contributed by atoms with E-state index in [9.17, 15) is 4.79 Å². The summed E-state index contributed by atoms with van der Waals surface area (Å²) in [7, 11) is 0. The van der Waals surface area contributed by atoms with Gasteiger partial charge in [-0.05, 0) is 37.0 Å². The minimum atomic E-state index is 0.00885. The fourth-order valence-corrected chi connectivity index (χ4v) is 2.11. The zero-order valence-electron chi connectivity index (χ0n) is 10.4. The van der Waals surface area contributed by atoms with Crippen LogP contribution in [0.25, 0.3) is 0 Å². The van der Waals surface area contributed by atoms with Gasteiger partial charge in [0.15, 0.2) is 0 Å². The molecule has 17 heavy (non-hydrogen) atoms. The lowest BCUT2D eigenvalue weighted by Crippen LogP contribution is -2.45. The Hall–Kier alpha value is -1.35. The molecule has 1 heterocycles. The maximum atomic E-state index is 12.0. The second-order valence-corrected chi connectivity index (χ2v) is 4.54. The van der Waals surface area contributed by atoms with Gasteiger partial charge >= 0.3 is 0 Å². The van der Waals surface area contributed by atoms with Crippen LogP contribution >= 0.6 is 0 Å². The van der Waals surface area contributed by atoms with Gasteiger partial charge < -0.3 is 0 Å². The molecule has 0 aliphatic carbocycles. The van der Waals surface area contributed by atoms with Crippen molar-refractivity contribution in [2.24, 2.45) is 0 Å². The van der Waals surface area contributed by atoms with Crippen LogP contribution in [-0.2, 0) is 6.42 Å². The van der Waals surface area contributed by atoms with Gasteiger partial charge in [0.2, 0.25) is 0 Å². The summed E-state index contributed by atoms with van der Waals surface area (Å²) in [6.45, 7) is 4.06. The summed E-state index contributed by atoms with van der Waals surface area (Å²) in [5.41, 5.74) is 4.97. The van der Waals surface area contributed by atoms with Gasteiger partial charge in [-0.15, -0.1) is 0 Å². The van der Waals surface area contributed by atoms with Crippen LogP contribution in [0.3, 0.4) is 0 Å². The monoisotopic (exact) mass is 232 g/mol. The van der Waals surface area contributed by atoms with Crippen LogP contribution in [0.1, 0.15) is 42.1 Å². The van der Waals surface area contributed by atoms with E-state index >= 15 is 0 Å². The van der Waals surface area contributed by atoms with Crippen molar-refractivity contribution in [3.05, 3.63) is 35.4 Å². The molecule has 0 saturated carbocycles. The van der Waals surface area contributed by atoms with Crippen molar-refractivity contribution in [1.29, 1.82) is 0 Å². The summed E-state index contributed by atoms with van der Waals surface area (Å²) < 4.78 is 0. The summed E-state index contributed by atoms with van der Waals surface area (Å²) in [4.78, 5) is 12.0. The average Bonchev–Trinajstić information content (AvgIpc) is 2.40. The molecule has 92 valence electrons. The number of rotatable bonds is 3. The molecule has 1 fully saturated rings. The number of nitrogens with one attached hydrogen (secondary N) is 1. The topological polar surface area (TPSA) is 32.3 Å². The second-order valence-electron chi connectivity index (χ2n) is 4.54. The molecule has 1 aromatic rings. The van der Waals surface area contributed by atoms with Crippen LogP contribution in [0.15, 0.2) is 24.3 Å². The standard InChI is InChI=1S/C14H20N2O/c1-2-12-6-8-13(9-7-12)14(17)15-16-10-4-3-5-11-16/h6-9H,2-5,10-11H2,1H3,(H,15,17). The number of hydrazine groups is 1. The molecular weight excluding hydrogens is 212 g/mol. The predicted octanol–water partition coefficient (Wildman–Crippen LogP) is 2.38. The van der Waals surface area contributed by atoms with Gasteiger partial charge in [0, 0.05) is 18.7 Å². The van der Waals surface area contributed by atoms with Crippen LogP contribution in [0.5, 0.6) is 0 Å². The van der Waals surface area contributed by atoms with Crippen molar-refractivity contribution in [2.45, 2.75) is 32.6 Å². The zero-order valence-corrected chi connectivity index (χ0v) is 10.4. The molecule has 1 N–H and O–H groups in total. The Morgan fingerprint density at radius 3 is 2.41 bits per heavy atom. The fourth-order valence-electron chi connectivity index (χ4n) is 2.11. The maximum absolute atomic E-state index is 12.0. The summed E-state index contributed by atoms with van der Waals surface area (Å²) in [6.07, 6.45) is 4.63.